The summed E-state index contributed by atoms with van der Waals surface area (Å²) in [6.45, 7) is 8.27. The molecule has 1 fully saturated rings. The Hall–Kier alpha value is -3.25. The third-order valence-electron chi connectivity index (χ3n) is 6.46. The van der Waals surface area contributed by atoms with Crippen LogP contribution in [0.4, 0.5) is 11.4 Å². The van der Waals surface area contributed by atoms with Gasteiger partial charge in [0.25, 0.3) is 5.91 Å². The number of amides is 1. The molecule has 1 N–H and O–H groups in total. The maximum absolute atomic E-state index is 12.7. The van der Waals surface area contributed by atoms with Crippen molar-refractivity contribution in [1.82, 2.24) is 9.80 Å². The van der Waals surface area contributed by atoms with Gasteiger partial charge in [0.05, 0.1) is 12.5 Å². The summed E-state index contributed by atoms with van der Waals surface area (Å²) in [6, 6.07) is 17.6. The number of benzene rings is 2. The Kier molecular flexibility index (Phi) is 7.35. The number of phenols is 1. The summed E-state index contributed by atoms with van der Waals surface area (Å²) in [5, 5.41) is 10.1. The van der Waals surface area contributed by atoms with E-state index in [1.165, 1.54) is 5.56 Å². The van der Waals surface area contributed by atoms with Crippen molar-refractivity contribution in [3.05, 3.63) is 78.3 Å². The molecule has 3 aromatic rings. The third-order valence-corrected chi connectivity index (χ3v) is 6.46. The number of nitrogens with zero attached hydrogens (tertiary/aromatic N) is 3. The van der Waals surface area contributed by atoms with E-state index in [1.807, 2.05) is 73.5 Å². The minimum Gasteiger partial charge on any atom is -0.508 e. The molecule has 2 aromatic carbocycles. The van der Waals surface area contributed by atoms with Gasteiger partial charge >= 0.3 is 0 Å². The molecule has 1 aliphatic rings. The van der Waals surface area contributed by atoms with Gasteiger partial charge in [-0.05, 0) is 69.2 Å². The molecule has 0 bridgehead atoms. The molecule has 33 heavy (non-hydrogen) atoms. The number of phenolic OH excluding ortho intramolecular Hbond substituents is 1. The molecule has 0 saturated carbocycles. The Morgan fingerprint density at radius 2 is 1.76 bits per heavy atom. The zero-order chi connectivity index (χ0) is 23.2. The van der Waals surface area contributed by atoms with Gasteiger partial charge in [-0.2, -0.15) is 0 Å². The largest absolute Gasteiger partial charge is 0.508 e. The second-order valence-electron chi connectivity index (χ2n) is 8.55. The van der Waals surface area contributed by atoms with Crippen molar-refractivity contribution in [3.8, 4) is 5.75 Å². The lowest BCUT2D eigenvalue weighted by Gasteiger charge is -2.40. The lowest BCUT2D eigenvalue weighted by atomic mass is 10.00. The molecule has 6 heteroatoms. The van der Waals surface area contributed by atoms with E-state index in [2.05, 4.69) is 9.80 Å². The van der Waals surface area contributed by atoms with Gasteiger partial charge in [-0.1, -0.05) is 6.07 Å². The second kappa shape index (κ2) is 10.6. The predicted octanol–water partition coefficient (Wildman–Crippen LogP) is 5.27. The molecule has 2 heterocycles. The van der Waals surface area contributed by atoms with E-state index in [0.717, 1.165) is 43.9 Å². The van der Waals surface area contributed by atoms with E-state index in [9.17, 15) is 9.90 Å². The number of piperidine rings is 1. The van der Waals surface area contributed by atoms with Gasteiger partial charge in [0.1, 0.15) is 5.75 Å². The Morgan fingerprint density at radius 3 is 2.36 bits per heavy atom. The van der Waals surface area contributed by atoms with Gasteiger partial charge in [0, 0.05) is 67.3 Å². The van der Waals surface area contributed by atoms with Crippen molar-refractivity contribution in [2.75, 3.05) is 31.1 Å². The number of rotatable bonds is 8. The van der Waals surface area contributed by atoms with Crippen LogP contribution in [0.5, 0.6) is 5.75 Å². The smallest absolute Gasteiger partial charge is 0.253 e. The van der Waals surface area contributed by atoms with Crippen molar-refractivity contribution in [1.29, 1.82) is 0 Å². The highest BCUT2D eigenvalue weighted by molar-refractivity contribution is 5.94. The van der Waals surface area contributed by atoms with Crippen LogP contribution in [-0.4, -0.2) is 53.0 Å². The van der Waals surface area contributed by atoms with Crippen molar-refractivity contribution < 1.29 is 14.3 Å². The van der Waals surface area contributed by atoms with Gasteiger partial charge in [0.15, 0.2) is 0 Å². The van der Waals surface area contributed by atoms with E-state index in [1.54, 1.807) is 12.3 Å². The van der Waals surface area contributed by atoms with Crippen LogP contribution >= 0.6 is 0 Å². The Labute approximate surface area is 196 Å². The van der Waals surface area contributed by atoms with Gasteiger partial charge in [-0.3, -0.25) is 9.69 Å². The highest BCUT2D eigenvalue weighted by atomic mass is 16.3. The molecule has 0 aliphatic carbocycles. The maximum Gasteiger partial charge on any atom is 0.253 e. The van der Waals surface area contributed by atoms with E-state index < -0.39 is 0 Å². The number of hydrogen-bond acceptors (Lipinski definition) is 5. The minimum atomic E-state index is 0.0583. The molecular weight excluding hydrogens is 414 g/mol. The molecule has 0 radical (unpaired) electrons. The molecular formula is C27H33N3O3. The first-order valence-corrected chi connectivity index (χ1v) is 11.8. The number of furan rings is 1. The molecule has 4 rings (SSSR count). The normalized spacial score (nSPS) is 14.8. The molecule has 1 aromatic heterocycles. The lowest BCUT2D eigenvalue weighted by Crippen LogP contribution is -2.42. The second-order valence-corrected chi connectivity index (χ2v) is 8.55. The SMILES string of the molecule is CCN(CC)C(=O)c1ccc(N(c2cccc(O)c2)C2CCN(Cc3ccoc3)CC2)cc1. The molecule has 174 valence electrons. The first-order valence-electron chi connectivity index (χ1n) is 11.8. The lowest BCUT2D eigenvalue weighted by molar-refractivity contribution is 0.0773. The van der Waals surface area contributed by atoms with Crippen molar-refractivity contribution in [2.24, 2.45) is 0 Å². The van der Waals surface area contributed by atoms with Crippen LogP contribution in [0, 0.1) is 0 Å². The van der Waals surface area contributed by atoms with Crippen molar-refractivity contribution >= 4 is 17.3 Å². The number of likely N-dealkylation sites (tertiary alicyclic amines) is 1. The summed E-state index contributed by atoms with van der Waals surface area (Å²) in [5.74, 6) is 0.311. The van der Waals surface area contributed by atoms with E-state index in [0.29, 0.717) is 24.7 Å². The number of hydrogen-bond donors (Lipinski definition) is 1. The Bertz CT molecular complexity index is 1020. The van der Waals surface area contributed by atoms with Crippen LogP contribution in [0.3, 0.4) is 0 Å². The molecule has 0 atom stereocenters. The van der Waals surface area contributed by atoms with Gasteiger partial charge in [-0.15, -0.1) is 0 Å². The van der Waals surface area contributed by atoms with E-state index in [4.69, 9.17) is 4.42 Å². The van der Waals surface area contributed by atoms with Crippen LogP contribution in [-0.2, 0) is 6.54 Å². The first-order chi connectivity index (χ1) is 16.1. The standard InChI is InChI=1S/C27H33N3O3/c1-3-29(4-2)27(32)22-8-10-23(11-9-22)30(25-6-5-7-26(31)18-25)24-12-15-28(16-13-24)19-21-14-17-33-20-21/h5-11,14,17-18,20,24,31H,3-4,12-13,15-16,19H2,1-2H3. The molecule has 1 aliphatic heterocycles. The van der Waals surface area contributed by atoms with Crippen molar-refractivity contribution in [2.45, 2.75) is 39.3 Å². The molecule has 1 saturated heterocycles. The quantitative estimate of drug-likeness (QED) is 0.510. The number of aromatic hydroxyl groups is 1. The average Bonchev–Trinajstić information content (AvgIpc) is 3.35. The van der Waals surface area contributed by atoms with Crippen LogP contribution < -0.4 is 4.90 Å². The Morgan fingerprint density at radius 1 is 1.03 bits per heavy atom. The van der Waals surface area contributed by atoms with Crippen LogP contribution in [0.15, 0.2) is 71.5 Å². The minimum absolute atomic E-state index is 0.0583. The summed E-state index contributed by atoms with van der Waals surface area (Å²) < 4.78 is 5.21. The fourth-order valence-electron chi connectivity index (χ4n) is 4.65. The summed E-state index contributed by atoms with van der Waals surface area (Å²) in [6.07, 6.45) is 5.55. The van der Waals surface area contributed by atoms with Crippen molar-refractivity contribution in [3.63, 3.8) is 0 Å². The summed E-state index contributed by atoms with van der Waals surface area (Å²) in [5.41, 5.74) is 3.90. The monoisotopic (exact) mass is 447 g/mol. The fourth-order valence-corrected chi connectivity index (χ4v) is 4.65. The highest BCUT2D eigenvalue weighted by Gasteiger charge is 2.27. The molecule has 6 nitrogen and oxygen atoms in total. The van der Waals surface area contributed by atoms with Gasteiger partial charge in [-0.25, -0.2) is 0 Å². The van der Waals surface area contributed by atoms with Gasteiger partial charge < -0.3 is 19.3 Å². The van der Waals surface area contributed by atoms with E-state index >= 15 is 0 Å². The van der Waals surface area contributed by atoms with Crippen LogP contribution in [0.2, 0.25) is 0 Å². The summed E-state index contributed by atoms with van der Waals surface area (Å²) in [4.78, 5) is 19.3. The predicted molar refractivity (Wildman–Crippen MR) is 131 cm³/mol. The highest BCUT2D eigenvalue weighted by Crippen LogP contribution is 2.34. The van der Waals surface area contributed by atoms with Crippen LogP contribution in [0.1, 0.15) is 42.6 Å². The molecule has 0 spiro atoms. The molecule has 1 amide bonds. The number of carbonyl (C=O) groups is 1. The zero-order valence-electron chi connectivity index (χ0n) is 19.5. The third kappa shape index (κ3) is 5.40. The number of anilines is 2. The van der Waals surface area contributed by atoms with E-state index in [-0.39, 0.29) is 11.7 Å². The number of carbonyl (C=O) groups excluding carboxylic acids is 1. The fraction of sp³-hybridized carbons (Fsp3) is 0.370. The average molecular weight is 448 g/mol. The molecule has 0 unspecified atom stereocenters. The summed E-state index contributed by atoms with van der Waals surface area (Å²) in [7, 11) is 0. The van der Waals surface area contributed by atoms with Crippen LogP contribution in [0.25, 0.3) is 0 Å². The Balaban J connectivity index is 1.54. The first kappa shape index (κ1) is 22.9. The zero-order valence-corrected chi connectivity index (χ0v) is 19.5. The maximum atomic E-state index is 12.7. The van der Waals surface area contributed by atoms with Gasteiger partial charge in [0.2, 0.25) is 0 Å². The summed E-state index contributed by atoms with van der Waals surface area (Å²) >= 11 is 0. The topological polar surface area (TPSA) is 60.2 Å².